The van der Waals surface area contributed by atoms with E-state index in [2.05, 4.69) is 10.2 Å². The van der Waals surface area contributed by atoms with Gasteiger partial charge in [-0.05, 0) is 56.7 Å². The fraction of sp³-hybridized carbons (Fsp3) is 0.393. The SMILES string of the molecule is CCOC(=O)C1=C(CN2CCN(C(=O)c3cccc(F)c3)[C@@H](C)C2)N(CC)C(=O)N[C@H]1c1ccc(Cl)cc1. The molecule has 0 unspecified atom stereocenters. The van der Waals surface area contributed by atoms with Gasteiger partial charge in [-0.25, -0.2) is 14.0 Å². The predicted molar refractivity (Wildman–Crippen MR) is 142 cm³/mol. The Morgan fingerprint density at radius 2 is 1.87 bits per heavy atom. The first kappa shape index (κ1) is 27.6. The molecule has 2 heterocycles. The number of halogens is 2. The second kappa shape index (κ2) is 12.0. The molecule has 0 spiro atoms. The number of piperazine rings is 1. The molecule has 2 atom stereocenters. The van der Waals surface area contributed by atoms with Gasteiger partial charge in [0, 0.05) is 55.0 Å². The van der Waals surface area contributed by atoms with Gasteiger partial charge in [0.05, 0.1) is 18.2 Å². The molecule has 38 heavy (non-hydrogen) atoms. The van der Waals surface area contributed by atoms with Crippen molar-refractivity contribution in [2.75, 3.05) is 39.3 Å². The van der Waals surface area contributed by atoms with E-state index in [-0.39, 0.29) is 24.6 Å². The van der Waals surface area contributed by atoms with Gasteiger partial charge < -0.3 is 15.0 Å². The van der Waals surface area contributed by atoms with Gasteiger partial charge in [0.1, 0.15) is 5.82 Å². The van der Waals surface area contributed by atoms with Crippen LogP contribution in [-0.2, 0) is 9.53 Å². The molecule has 1 saturated heterocycles. The fourth-order valence-corrected chi connectivity index (χ4v) is 5.17. The standard InChI is InChI=1S/C28H32ClFN4O4/c1-4-33-23(17-32-13-14-34(18(3)16-32)26(35)20-7-6-8-22(30)15-20)24(27(36)38-5-2)25(31-28(33)37)19-9-11-21(29)12-10-19/h6-12,15,18,25H,4-5,13-14,16-17H2,1-3H3,(H,31,37)/t18-,25-/m0/s1. The molecular formula is C28H32ClFN4O4. The highest BCUT2D eigenvalue weighted by atomic mass is 35.5. The third-order valence-corrected chi connectivity index (χ3v) is 7.12. The van der Waals surface area contributed by atoms with Crippen molar-refractivity contribution in [3.8, 4) is 0 Å². The molecule has 3 amide bonds. The Labute approximate surface area is 227 Å². The Hall–Kier alpha value is -3.43. The maximum absolute atomic E-state index is 13.7. The van der Waals surface area contributed by atoms with Gasteiger partial charge in [-0.15, -0.1) is 0 Å². The monoisotopic (exact) mass is 542 g/mol. The largest absolute Gasteiger partial charge is 0.463 e. The smallest absolute Gasteiger partial charge is 0.338 e. The number of carbonyl (C=O) groups excluding carboxylic acids is 3. The number of rotatable bonds is 7. The summed E-state index contributed by atoms with van der Waals surface area (Å²) in [6.07, 6.45) is 0. The van der Waals surface area contributed by atoms with Crippen LogP contribution in [0.25, 0.3) is 0 Å². The maximum atomic E-state index is 13.7. The van der Waals surface area contributed by atoms with Gasteiger partial charge in [0.2, 0.25) is 0 Å². The zero-order chi connectivity index (χ0) is 27.4. The number of ether oxygens (including phenoxy) is 1. The second-order valence-corrected chi connectivity index (χ2v) is 9.79. The molecule has 10 heteroatoms. The van der Waals surface area contributed by atoms with Gasteiger partial charge in [0.15, 0.2) is 0 Å². The van der Waals surface area contributed by atoms with Crippen LogP contribution < -0.4 is 5.32 Å². The number of likely N-dealkylation sites (N-methyl/N-ethyl adjacent to an activating group) is 1. The zero-order valence-electron chi connectivity index (χ0n) is 21.7. The van der Waals surface area contributed by atoms with E-state index in [1.165, 1.54) is 18.2 Å². The number of nitrogens with zero attached hydrogens (tertiary/aromatic N) is 3. The summed E-state index contributed by atoms with van der Waals surface area (Å²) in [4.78, 5) is 44.9. The molecule has 0 aromatic heterocycles. The number of nitrogens with one attached hydrogen (secondary N) is 1. The Morgan fingerprint density at radius 1 is 1.13 bits per heavy atom. The lowest BCUT2D eigenvalue weighted by atomic mass is 9.94. The molecule has 0 bridgehead atoms. The summed E-state index contributed by atoms with van der Waals surface area (Å²) in [5.41, 5.74) is 1.98. The van der Waals surface area contributed by atoms with Crippen LogP contribution in [0.3, 0.4) is 0 Å². The van der Waals surface area contributed by atoms with Crippen molar-refractivity contribution in [3.05, 3.63) is 81.8 Å². The van der Waals surface area contributed by atoms with E-state index in [0.29, 0.717) is 54.6 Å². The van der Waals surface area contributed by atoms with Crippen molar-refractivity contribution >= 4 is 29.5 Å². The first-order valence-electron chi connectivity index (χ1n) is 12.8. The van der Waals surface area contributed by atoms with Crippen molar-refractivity contribution in [2.24, 2.45) is 0 Å². The van der Waals surface area contributed by atoms with E-state index >= 15 is 0 Å². The van der Waals surface area contributed by atoms with E-state index in [4.69, 9.17) is 16.3 Å². The topological polar surface area (TPSA) is 82.2 Å². The molecule has 4 rings (SSSR count). The molecule has 0 saturated carbocycles. The minimum atomic E-state index is -0.690. The number of urea groups is 1. The van der Waals surface area contributed by atoms with E-state index in [1.807, 2.05) is 13.8 Å². The third-order valence-electron chi connectivity index (χ3n) is 6.87. The average Bonchev–Trinajstić information content (AvgIpc) is 2.89. The summed E-state index contributed by atoms with van der Waals surface area (Å²) in [5.74, 6) is -1.17. The van der Waals surface area contributed by atoms with Crippen LogP contribution in [0.4, 0.5) is 9.18 Å². The molecule has 1 fully saturated rings. The van der Waals surface area contributed by atoms with Gasteiger partial charge in [0.25, 0.3) is 5.91 Å². The molecular weight excluding hydrogens is 511 g/mol. The summed E-state index contributed by atoms with van der Waals surface area (Å²) in [6.45, 7) is 7.89. The van der Waals surface area contributed by atoms with Gasteiger partial charge in [-0.3, -0.25) is 14.6 Å². The molecule has 1 N–H and O–H groups in total. The van der Waals surface area contributed by atoms with Gasteiger partial charge in [-0.2, -0.15) is 0 Å². The Balaban J connectivity index is 1.62. The molecule has 2 aromatic rings. The van der Waals surface area contributed by atoms with E-state index in [9.17, 15) is 18.8 Å². The minimum Gasteiger partial charge on any atom is -0.463 e. The van der Waals surface area contributed by atoms with Crippen molar-refractivity contribution in [2.45, 2.75) is 32.9 Å². The molecule has 2 aliphatic rings. The highest BCUT2D eigenvalue weighted by molar-refractivity contribution is 6.30. The number of amides is 3. The predicted octanol–water partition coefficient (Wildman–Crippen LogP) is 4.23. The lowest BCUT2D eigenvalue weighted by molar-refractivity contribution is -0.139. The quantitative estimate of drug-likeness (QED) is 0.530. The highest BCUT2D eigenvalue weighted by Gasteiger charge is 2.39. The first-order chi connectivity index (χ1) is 18.2. The van der Waals surface area contributed by atoms with E-state index in [0.717, 1.165) is 5.56 Å². The summed E-state index contributed by atoms with van der Waals surface area (Å²) >= 11 is 6.07. The van der Waals surface area contributed by atoms with Crippen LogP contribution in [0.1, 0.15) is 42.7 Å². The number of hydrogen-bond acceptors (Lipinski definition) is 5. The van der Waals surface area contributed by atoms with Crippen LogP contribution in [0.2, 0.25) is 5.02 Å². The Morgan fingerprint density at radius 3 is 2.50 bits per heavy atom. The minimum absolute atomic E-state index is 0.161. The van der Waals surface area contributed by atoms with Gasteiger partial charge in [-0.1, -0.05) is 29.8 Å². The maximum Gasteiger partial charge on any atom is 0.338 e. The van der Waals surface area contributed by atoms with Crippen molar-refractivity contribution < 1.29 is 23.5 Å². The number of benzene rings is 2. The summed E-state index contributed by atoms with van der Waals surface area (Å²) < 4.78 is 19.1. The van der Waals surface area contributed by atoms with Crippen LogP contribution in [0.15, 0.2) is 59.8 Å². The Kier molecular flexibility index (Phi) is 8.69. The summed E-state index contributed by atoms with van der Waals surface area (Å²) in [5, 5.41) is 3.50. The number of esters is 1. The molecule has 2 aromatic carbocycles. The van der Waals surface area contributed by atoms with Crippen LogP contribution >= 0.6 is 11.6 Å². The van der Waals surface area contributed by atoms with Crippen molar-refractivity contribution in [1.29, 1.82) is 0 Å². The Bertz CT molecular complexity index is 1240. The van der Waals surface area contributed by atoms with Crippen molar-refractivity contribution in [1.82, 2.24) is 20.0 Å². The average molecular weight is 543 g/mol. The van der Waals surface area contributed by atoms with Gasteiger partial charge >= 0.3 is 12.0 Å². The summed E-state index contributed by atoms with van der Waals surface area (Å²) in [7, 11) is 0. The van der Waals surface area contributed by atoms with E-state index in [1.54, 1.807) is 47.1 Å². The molecule has 8 nitrogen and oxygen atoms in total. The molecule has 0 aliphatic carbocycles. The van der Waals surface area contributed by atoms with Crippen molar-refractivity contribution in [3.63, 3.8) is 0 Å². The van der Waals surface area contributed by atoms with E-state index < -0.39 is 17.8 Å². The number of carbonyl (C=O) groups is 3. The molecule has 202 valence electrons. The zero-order valence-corrected chi connectivity index (χ0v) is 22.5. The van der Waals surface area contributed by atoms with Crippen LogP contribution in [0.5, 0.6) is 0 Å². The molecule has 2 aliphatic heterocycles. The normalized spacial score (nSPS) is 20.4. The lowest BCUT2D eigenvalue weighted by Gasteiger charge is -2.43. The second-order valence-electron chi connectivity index (χ2n) is 9.35. The lowest BCUT2D eigenvalue weighted by Crippen LogP contribution is -2.56. The third kappa shape index (κ3) is 5.84. The van der Waals surface area contributed by atoms with Crippen LogP contribution in [-0.4, -0.2) is 78.0 Å². The summed E-state index contributed by atoms with van der Waals surface area (Å²) in [6, 6.07) is 11.5. The number of hydrogen-bond donors (Lipinski definition) is 1. The molecule has 0 radical (unpaired) electrons. The van der Waals surface area contributed by atoms with Crippen LogP contribution in [0, 0.1) is 5.82 Å². The first-order valence-corrected chi connectivity index (χ1v) is 13.1. The highest BCUT2D eigenvalue weighted by Crippen LogP contribution is 2.33. The fourth-order valence-electron chi connectivity index (χ4n) is 5.04.